The first-order valence-corrected chi connectivity index (χ1v) is 5.08. The molecule has 90 valence electrons. The van der Waals surface area contributed by atoms with E-state index in [1.165, 1.54) is 0 Å². The van der Waals surface area contributed by atoms with Crippen LogP contribution in [0.3, 0.4) is 0 Å². The maximum atomic E-state index is 11.4. The molecule has 0 atom stereocenters. The summed E-state index contributed by atoms with van der Waals surface area (Å²) in [5, 5.41) is 19.4. The minimum absolute atomic E-state index is 0.00868. The molecule has 1 rings (SSSR count). The van der Waals surface area contributed by atoms with E-state index in [1.807, 2.05) is 31.2 Å². The molecule has 0 fully saturated rings. The van der Waals surface area contributed by atoms with E-state index in [0.29, 0.717) is 6.42 Å². The third-order valence-electron chi connectivity index (χ3n) is 2.33. The van der Waals surface area contributed by atoms with Gasteiger partial charge in [-0.2, -0.15) is 0 Å². The minimum Gasteiger partial charge on any atom is -0.476 e. The summed E-state index contributed by atoms with van der Waals surface area (Å²) in [6.07, 6.45) is 0.431. The number of rotatable bonds is 5. The number of benzene rings is 1. The summed E-state index contributed by atoms with van der Waals surface area (Å²) in [5.41, 5.74) is 1.23. The van der Waals surface area contributed by atoms with Gasteiger partial charge < -0.3 is 10.3 Å². The zero-order valence-corrected chi connectivity index (χ0v) is 9.38. The smallest absolute Gasteiger partial charge is 0.361 e. The van der Waals surface area contributed by atoms with Crippen molar-refractivity contribution < 1.29 is 19.9 Å². The number of Topliss-reactive ketones (excluding diaryl/α,β-unsaturated/α-hetero) is 1. The molecule has 0 spiro atoms. The van der Waals surface area contributed by atoms with Crippen LogP contribution in [0.15, 0.2) is 29.4 Å². The van der Waals surface area contributed by atoms with Crippen LogP contribution in [0.2, 0.25) is 0 Å². The molecule has 0 saturated heterocycles. The van der Waals surface area contributed by atoms with Gasteiger partial charge in [-0.05, 0) is 18.9 Å². The van der Waals surface area contributed by atoms with Crippen LogP contribution >= 0.6 is 0 Å². The highest BCUT2D eigenvalue weighted by Crippen LogP contribution is 2.06. The number of nitrogens with zero attached hydrogens (tertiary/aromatic N) is 1. The molecule has 0 bridgehead atoms. The van der Waals surface area contributed by atoms with Crippen LogP contribution in [-0.4, -0.2) is 27.8 Å². The van der Waals surface area contributed by atoms with Crippen LogP contribution < -0.4 is 0 Å². The normalized spacial score (nSPS) is 11.2. The van der Waals surface area contributed by atoms with Crippen molar-refractivity contribution in [3.05, 3.63) is 35.4 Å². The van der Waals surface area contributed by atoms with Gasteiger partial charge >= 0.3 is 5.97 Å². The van der Waals surface area contributed by atoms with E-state index in [1.54, 1.807) is 0 Å². The standard InChI is InChI=1S/C12H13NO4/c1-8-2-4-9(5-3-8)6-7-10(14)11(13-17)12(15)16/h2-5,17H,6-7H2,1H3,(H,15,16). The summed E-state index contributed by atoms with van der Waals surface area (Å²) in [7, 11) is 0. The summed E-state index contributed by atoms with van der Waals surface area (Å²) in [4.78, 5) is 21.9. The average Bonchev–Trinajstić information content (AvgIpc) is 2.28. The van der Waals surface area contributed by atoms with E-state index in [0.717, 1.165) is 11.1 Å². The lowest BCUT2D eigenvalue weighted by Gasteiger charge is -2.01. The second kappa shape index (κ2) is 5.79. The Hall–Kier alpha value is -2.17. The first kappa shape index (κ1) is 12.9. The van der Waals surface area contributed by atoms with Crippen molar-refractivity contribution in [2.75, 3.05) is 0 Å². The highest BCUT2D eigenvalue weighted by molar-refractivity contribution is 6.63. The molecule has 0 radical (unpaired) electrons. The number of carboxylic acid groups (broad SMARTS) is 1. The van der Waals surface area contributed by atoms with Gasteiger partial charge in [0, 0.05) is 6.42 Å². The molecule has 1 aromatic carbocycles. The zero-order chi connectivity index (χ0) is 12.8. The van der Waals surface area contributed by atoms with Crippen molar-refractivity contribution in [1.82, 2.24) is 0 Å². The molecular formula is C12H13NO4. The number of hydrogen-bond acceptors (Lipinski definition) is 4. The molecule has 0 aliphatic carbocycles. The van der Waals surface area contributed by atoms with Gasteiger partial charge in [-0.3, -0.25) is 4.79 Å². The highest BCUT2D eigenvalue weighted by Gasteiger charge is 2.19. The van der Waals surface area contributed by atoms with Crippen LogP contribution in [0.4, 0.5) is 0 Å². The Labute approximate surface area is 98.4 Å². The van der Waals surface area contributed by atoms with Crippen molar-refractivity contribution in [2.24, 2.45) is 5.16 Å². The lowest BCUT2D eigenvalue weighted by Crippen LogP contribution is -2.24. The molecule has 0 saturated carbocycles. The van der Waals surface area contributed by atoms with E-state index in [2.05, 4.69) is 5.16 Å². The Bertz CT molecular complexity index is 448. The van der Waals surface area contributed by atoms with E-state index in [-0.39, 0.29) is 6.42 Å². The third kappa shape index (κ3) is 3.71. The van der Waals surface area contributed by atoms with Gasteiger partial charge in [-0.1, -0.05) is 35.0 Å². The van der Waals surface area contributed by atoms with Crippen molar-refractivity contribution in [3.8, 4) is 0 Å². The van der Waals surface area contributed by atoms with Gasteiger partial charge in [-0.25, -0.2) is 4.79 Å². The topological polar surface area (TPSA) is 87.0 Å². The molecule has 5 nitrogen and oxygen atoms in total. The largest absolute Gasteiger partial charge is 0.476 e. The Morgan fingerprint density at radius 2 is 1.82 bits per heavy atom. The van der Waals surface area contributed by atoms with Crippen molar-refractivity contribution >= 4 is 17.5 Å². The summed E-state index contributed by atoms with van der Waals surface area (Å²) in [6.45, 7) is 1.95. The number of oxime groups is 1. The van der Waals surface area contributed by atoms with E-state index < -0.39 is 17.5 Å². The number of ketones is 1. The number of carbonyl (C=O) groups excluding carboxylic acids is 1. The molecule has 0 heterocycles. The quantitative estimate of drug-likeness (QED) is 0.349. The second-order valence-corrected chi connectivity index (χ2v) is 3.66. The predicted molar refractivity (Wildman–Crippen MR) is 61.4 cm³/mol. The Balaban J connectivity index is 2.59. The molecule has 0 unspecified atom stereocenters. The van der Waals surface area contributed by atoms with E-state index in [4.69, 9.17) is 10.3 Å². The maximum absolute atomic E-state index is 11.4. The summed E-state index contributed by atoms with van der Waals surface area (Å²) < 4.78 is 0. The Morgan fingerprint density at radius 1 is 1.24 bits per heavy atom. The lowest BCUT2D eigenvalue weighted by molar-refractivity contribution is -0.130. The molecule has 0 aliphatic heterocycles. The first-order valence-electron chi connectivity index (χ1n) is 5.08. The minimum atomic E-state index is -1.51. The molecular weight excluding hydrogens is 222 g/mol. The van der Waals surface area contributed by atoms with Gasteiger partial charge in [0.05, 0.1) is 0 Å². The van der Waals surface area contributed by atoms with Crippen molar-refractivity contribution in [3.63, 3.8) is 0 Å². The van der Waals surface area contributed by atoms with Crippen LogP contribution in [0, 0.1) is 6.92 Å². The number of aryl methyl sites for hydroxylation is 2. The maximum Gasteiger partial charge on any atom is 0.361 e. The molecule has 0 amide bonds. The van der Waals surface area contributed by atoms with Crippen LogP contribution in [0.25, 0.3) is 0 Å². The fourth-order valence-corrected chi connectivity index (χ4v) is 1.35. The highest BCUT2D eigenvalue weighted by atomic mass is 16.4. The molecule has 0 aliphatic rings. The Kier molecular flexibility index (Phi) is 4.39. The van der Waals surface area contributed by atoms with Gasteiger partial charge in [-0.15, -0.1) is 0 Å². The fourth-order valence-electron chi connectivity index (χ4n) is 1.35. The Morgan fingerprint density at radius 3 is 2.29 bits per heavy atom. The number of carboxylic acids is 1. The van der Waals surface area contributed by atoms with Gasteiger partial charge in [0.1, 0.15) is 0 Å². The second-order valence-electron chi connectivity index (χ2n) is 3.66. The summed E-state index contributed by atoms with van der Waals surface area (Å²) in [6, 6.07) is 7.58. The van der Waals surface area contributed by atoms with Crippen molar-refractivity contribution in [2.45, 2.75) is 19.8 Å². The first-order chi connectivity index (χ1) is 8.04. The van der Waals surface area contributed by atoms with Gasteiger partial charge in [0.2, 0.25) is 5.71 Å². The SMILES string of the molecule is Cc1ccc(CCC(=O)C(=NO)C(=O)O)cc1. The number of hydrogen-bond donors (Lipinski definition) is 2. The average molecular weight is 235 g/mol. The van der Waals surface area contributed by atoms with Crippen LogP contribution in [-0.2, 0) is 16.0 Å². The predicted octanol–water partition coefficient (Wildman–Crippen LogP) is 1.41. The molecule has 2 N–H and O–H groups in total. The fraction of sp³-hybridized carbons (Fsp3) is 0.250. The monoisotopic (exact) mass is 235 g/mol. The number of aliphatic carboxylic acids is 1. The van der Waals surface area contributed by atoms with E-state index >= 15 is 0 Å². The van der Waals surface area contributed by atoms with Crippen molar-refractivity contribution in [1.29, 1.82) is 0 Å². The molecule has 0 aromatic heterocycles. The van der Waals surface area contributed by atoms with Gasteiger partial charge in [0.25, 0.3) is 0 Å². The zero-order valence-electron chi connectivity index (χ0n) is 9.38. The van der Waals surface area contributed by atoms with Crippen LogP contribution in [0.5, 0.6) is 0 Å². The van der Waals surface area contributed by atoms with E-state index in [9.17, 15) is 9.59 Å². The molecule has 17 heavy (non-hydrogen) atoms. The summed E-state index contributed by atoms with van der Waals surface area (Å²) >= 11 is 0. The molecule has 5 heteroatoms. The molecule has 1 aromatic rings. The third-order valence-corrected chi connectivity index (χ3v) is 2.33. The van der Waals surface area contributed by atoms with Crippen LogP contribution in [0.1, 0.15) is 17.5 Å². The summed E-state index contributed by atoms with van der Waals surface area (Å²) in [5.74, 6) is -2.19. The van der Waals surface area contributed by atoms with Gasteiger partial charge in [0.15, 0.2) is 5.78 Å². The number of carbonyl (C=O) groups is 2. The lowest BCUT2D eigenvalue weighted by atomic mass is 10.0.